The third-order valence-corrected chi connectivity index (χ3v) is 3.30. The van der Waals surface area contributed by atoms with Crippen LogP contribution in [0.25, 0.3) is 0 Å². The molecule has 1 aromatic carbocycles. The van der Waals surface area contributed by atoms with Gasteiger partial charge in [-0.25, -0.2) is 8.42 Å². The van der Waals surface area contributed by atoms with E-state index in [2.05, 4.69) is 16.0 Å². The molecule has 0 amide bonds. The molecule has 1 aromatic rings. The van der Waals surface area contributed by atoms with Crippen LogP contribution in [0.2, 0.25) is 0 Å². The van der Waals surface area contributed by atoms with Gasteiger partial charge in [-0.3, -0.25) is 0 Å². The molecular weight excluding hydrogens is 352 g/mol. The number of benzene rings is 1. The molecule has 0 saturated heterocycles. The zero-order valence-corrected chi connectivity index (χ0v) is 12.2. The molecule has 4 nitrogen and oxygen atoms in total. The molecule has 0 spiro atoms. The Labute approximate surface area is 117 Å². The summed E-state index contributed by atoms with van der Waals surface area (Å²) in [6, 6.07) is 7.81. The van der Waals surface area contributed by atoms with Gasteiger partial charge in [0.05, 0.1) is 0 Å². The van der Waals surface area contributed by atoms with Gasteiger partial charge in [0.15, 0.2) is 10.1 Å². The van der Waals surface area contributed by atoms with Crippen molar-refractivity contribution in [3.05, 3.63) is 29.8 Å². The molecule has 0 aliphatic rings. The molecular formula is C10H11F3O4SSe. The maximum atomic E-state index is 10.7. The largest absolute Gasteiger partial charge is 0.741 e. The molecule has 0 aliphatic heterocycles. The van der Waals surface area contributed by atoms with E-state index >= 15 is 0 Å². The second kappa shape index (κ2) is 7.25. The fraction of sp³-hybridized carbons (Fsp3) is 0.400. The average Bonchev–Trinajstić information content (AvgIpc) is 2.27. The van der Waals surface area contributed by atoms with Crippen molar-refractivity contribution in [1.29, 1.82) is 0 Å². The van der Waals surface area contributed by atoms with Gasteiger partial charge in [0.1, 0.15) is 0 Å². The summed E-state index contributed by atoms with van der Waals surface area (Å²) < 4.78 is 59.9. The SMILES string of the molecule is CC[C@H](O)c1ccccc1[Se+].O=S(=O)([O-])C(F)(F)F. The van der Waals surface area contributed by atoms with Gasteiger partial charge < -0.3 is 4.55 Å². The monoisotopic (exact) mass is 364 g/mol. The Kier molecular flexibility index (Phi) is 7.02. The third kappa shape index (κ3) is 6.40. The standard InChI is InChI=1S/C9H11OSe.CHF3O3S/c1-2-8(10)7-5-3-4-6-9(7)11;2-1(3,4)8(5,6)7/h3-6,8,10H,2H2,1H3;(H,5,6,7)/q+1;/p-1/t8-;/m0./s1. The Morgan fingerprint density at radius 1 is 1.37 bits per heavy atom. The third-order valence-electron chi connectivity index (χ3n) is 1.95. The van der Waals surface area contributed by atoms with Crippen LogP contribution < -0.4 is 4.46 Å². The molecule has 9 heteroatoms. The van der Waals surface area contributed by atoms with Gasteiger partial charge in [0.25, 0.3) is 0 Å². The molecule has 0 bridgehead atoms. The molecule has 108 valence electrons. The van der Waals surface area contributed by atoms with E-state index in [9.17, 15) is 18.3 Å². The van der Waals surface area contributed by atoms with Gasteiger partial charge in [-0.15, -0.1) is 0 Å². The molecule has 1 atom stereocenters. The molecule has 1 N–H and O–H groups in total. The first-order valence-electron chi connectivity index (χ1n) is 4.96. The van der Waals surface area contributed by atoms with Crippen molar-refractivity contribution in [2.75, 3.05) is 0 Å². The average molecular weight is 363 g/mol. The Morgan fingerprint density at radius 3 is 2.11 bits per heavy atom. The van der Waals surface area contributed by atoms with Crippen molar-refractivity contribution in [2.24, 2.45) is 0 Å². The summed E-state index contributed by atoms with van der Waals surface area (Å²) in [7, 11) is -6.09. The van der Waals surface area contributed by atoms with Gasteiger partial charge >= 0.3 is 80.4 Å². The number of halogens is 3. The van der Waals surface area contributed by atoms with Crippen LogP contribution in [-0.2, 0) is 10.1 Å². The summed E-state index contributed by atoms with van der Waals surface area (Å²) in [6.45, 7) is 1.97. The quantitative estimate of drug-likeness (QED) is 0.483. The first kappa shape index (κ1) is 18.4. The van der Waals surface area contributed by atoms with Crippen LogP contribution in [0.15, 0.2) is 24.3 Å². The normalized spacial score (nSPS) is 13.4. The molecule has 0 fully saturated rings. The van der Waals surface area contributed by atoms with Crippen LogP contribution in [0, 0.1) is 0 Å². The fourth-order valence-corrected chi connectivity index (χ4v) is 1.57. The summed E-state index contributed by atoms with van der Waals surface area (Å²) in [5, 5.41) is 9.49. The van der Waals surface area contributed by atoms with E-state index in [0.29, 0.717) is 0 Å². The smallest absolute Gasteiger partial charge is 0.485 e. The Balaban J connectivity index is 0.000000362. The summed E-state index contributed by atoms with van der Waals surface area (Å²) in [5.41, 5.74) is -4.65. The summed E-state index contributed by atoms with van der Waals surface area (Å²) >= 11 is 2.93. The Hall–Kier alpha value is -0.601. The van der Waals surface area contributed by atoms with Crippen LogP contribution in [0.5, 0.6) is 0 Å². The van der Waals surface area contributed by atoms with E-state index in [1.807, 2.05) is 31.2 Å². The first-order chi connectivity index (χ1) is 8.50. The van der Waals surface area contributed by atoms with Crippen LogP contribution in [0.4, 0.5) is 13.2 Å². The van der Waals surface area contributed by atoms with E-state index in [0.717, 1.165) is 16.4 Å². The van der Waals surface area contributed by atoms with Crippen LogP contribution in [0.3, 0.4) is 0 Å². The second-order valence-corrected chi connectivity index (χ2v) is 5.66. The van der Waals surface area contributed by atoms with Crippen LogP contribution >= 0.6 is 0 Å². The number of rotatable bonds is 2. The number of aliphatic hydroxyl groups excluding tert-OH is 1. The predicted octanol–water partition coefficient (Wildman–Crippen LogP) is 0.975. The summed E-state index contributed by atoms with van der Waals surface area (Å²) in [5.74, 6) is 0. The van der Waals surface area contributed by atoms with Crippen molar-refractivity contribution in [3.8, 4) is 0 Å². The summed E-state index contributed by atoms with van der Waals surface area (Å²) in [4.78, 5) is 0. The number of aliphatic hydroxyl groups is 1. The van der Waals surface area contributed by atoms with E-state index < -0.39 is 15.6 Å². The Morgan fingerprint density at radius 2 is 1.79 bits per heavy atom. The minimum Gasteiger partial charge on any atom is -0.741 e. The zero-order valence-electron chi connectivity index (χ0n) is 9.72. The van der Waals surface area contributed by atoms with E-state index in [1.165, 1.54) is 0 Å². The second-order valence-electron chi connectivity index (χ2n) is 3.36. The van der Waals surface area contributed by atoms with Gasteiger partial charge in [-0.2, -0.15) is 13.2 Å². The molecule has 0 aromatic heterocycles. The molecule has 0 unspecified atom stereocenters. The van der Waals surface area contributed by atoms with E-state index in [-0.39, 0.29) is 6.10 Å². The molecule has 2 radical (unpaired) electrons. The van der Waals surface area contributed by atoms with Crippen LogP contribution in [-0.4, -0.2) is 39.6 Å². The Bertz CT molecular complexity index is 502. The maximum Gasteiger partial charge on any atom is 0.485 e. The van der Waals surface area contributed by atoms with Crippen molar-refractivity contribution in [3.63, 3.8) is 0 Å². The number of hydrogen-bond donors (Lipinski definition) is 1. The minimum atomic E-state index is -6.09. The van der Waals surface area contributed by atoms with Crippen LogP contribution in [0.1, 0.15) is 25.0 Å². The molecule has 0 aliphatic carbocycles. The van der Waals surface area contributed by atoms with Gasteiger partial charge in [0, 0.05) is 0 Å². The molecule has 19 heavy (non-hydrogen) atoms. The molecule has 0 saturated carbocycles. The summed E-state index contributed by atoms with van der Waals surface area (Å²) in [6.07, 6.45) is 0.436. The number of hydrogen-bond acceptors (Lipinski definition) is 4. The maximum absolute atomic E-state index is 10.7. The fourth-order valence-electron chi connectivity index (χ4n) is 0.976. The topological polar surface area (TPSA) is 77.4 Å². The minimum absolute atomic E-state index is 0.326. The van der Waals surface area contributed by atoms with Crippen molar-refractivity contribution >= 4 is 30.6 Å². The van der Waals surface area contributed by atoms with E-state index in [1.54, 1.807) is 0 Å². The zero-order chi connectivity index (χ0) is 15.3. The first-order valence-corrected chi connectivity index (χ1v) is 7.23. The van der Waals surface area contributed by atoms with Crippen molar-refractivity contribution in [2.45, 2.75) is 25.0 Å². The van der Waals surface area contributed by atoms with Gasteiger partial charge in [-0.05, 0) is 0 Å². The number of alkyl halides is 3. The van der Waals surface area contributed by atoms with Crippen molar-refractivity contribution < 1.29 is 31.2 Å². The van der Waals surface area contributed by atoms with Gasteiger partial charge in [0.2, 0.25) is 0 Å². The molecule has 1 rings (SSSR count). The van der Waals surface area contributed by atoms with Gasteiger partial charge in [-0.1, -0.05) is 0 Å². The predicted molar refractivity (Wildman–Crippen MR) is 62.8 cm³/mol. The molecule has 0 heterocycles. The van der Waals surface area contributed by atoms with Crippen molar-refractivity contribution in [1.82, 2.24) is 0 Å². The van der Waals surface area contributed by atoms with E-state index in [4.69, 9.17) is 13.0 Å².